The van der Waals surface area contributed by atoms with Crippen LogP contribution in [0.5, 0.6) is 0 Å². The van der Waals surface area contributed by atoms with E-state index in [1.54, 1.807) is 12.4 Å². The van der Waals surface area contributed by atoms with E-state index in [9.17, 15) is 0 Å². The summed E-state index contributed by atoms with van der Waals surface area (Å²) in [5.74, 6) is 0.524. The van der Waals surface area contributed by atoms with E-state index in [0.29, 0.717) is 5.92 Å². The summed E-state index contributed by atoms with van der Waals surface area (Å²) in [7, 11) is 0. The highest BCUT2D eigenvalue weighted by Crippen LogP contribution is 2.13. The Balaban J connectivity index is 3.46. The van der Waals surface area contributed by atoms with Crippen LogP contribution in [0, 0.1) is 5.92 Å². The SMILES string of the molecule is C=C/C(=c1/ccncc1=C)C(C)CC. The molecule has 1 aromatic rings. The minimum atomic E-state index is 0.524. The van der Waals surface area contributed by atoms with Gasteiger partial charge in [-0.1, -0.05) is 33.1 Å². The van der Waals surface area contributed by atoms with Crippen molar-refractivity contribution >= 4 is 12.2 Å². The minimum Gasteiger partial charge on any atom is -0.264 e. The summed E-state index contributed by atoms with van der Waals surface area (Å²) in [6.07, 6.45) is 6.64. The van der Waals surface area contributed by atoms with Crippen LogP contribution >= 0.6 is 0 Å². The lowest BCUT2D eigenvalue weighted by Crippen LogP contribution is -2.27. The van der Waals surface area contributed by atoms with E-state index in [1.807, 2.05) is 12.1 Å². The Morgan fingerprint density at radius 1 is 1.64 bits per heavy atom. The monoisotopic (exact) mass is 187 g/mol. The number of hydrogen-bond donors (Lipinski definition) is 0. The van der Waals surface area contributed by atoms with Gasteiger partial charge in [-0.15, -0.1) is 0 Å². The maximum atomic E-state index is 4.04. The summed E-state index contributed by atoms with van der Waals surface area (Å²) >= 11 is 0. The summed E-state index contributed by atoms with van der Waals surface area (Å²) in [6.45, 7) is 12.2. The molecule has 14 heavy (non-hydrogen) atoms. The van der Waals surface area contributed by atoms with Gasteiger partial charge in [0.1, 0.15) is 0 Å². The Morgan fingerprint density at radius 2 is 2.36 bits per heavy atom. The van der Waals surface area contributed by atoms with Crippen LogP contribution in [0.25, 0.3) is 12.2 Å². The molecule has 0 bridgehead atoms. The average molecular weight is 187 g/mol. The smallest absolute Gasteiger partial charge is 0.0340 e. The van der Waals surface area contributed by atoms with E-state index in [-0.39, 0.29) is 0 Å². The number of aromatic nitrogens is 1. The number of nitrogens with zero attached hydrogens (tertiary/aromatic N) is 1. The van der Waals surface area contributed by atoms with Gasteiger partial charge in [-0.3, -0.25) is 4.98 Å². The lowest BCUT2D eigenvalue weighted by molar-refractivity contribution is 0.717. The molecule has 0 radical (unpaired) electrons. The highest BCUT2D eigenvalue weighted by Gasteiger charge is 2.03. The van der Waals surface area contributed by atoms with E-state index >= 15 is 0 Å². The Morgan fingerprint density at radius 3 is 2.86 bits per heavy atom. The molecule has 0 aromatic carbocycles. The first-order chi connectivity index (χ1) is 6.70. The Hall–Kier alpha value is -1.37. The fourth-order valence-corrected chi connectivity index (χ4v) is 1.51. The Labute approximate surface area is 85.5 Å². The van der Waals surface area contributed by atoms with Crippen LogP contribution in [-0.2, 0) is 0 Å². The van der Waals surface area contributed by atoms with Crippen molar-refractivity contribution in [3.8, 4) is 0 Å². The van der Waals surface area contributed by atoms with Gasteiger partial charge in [-0.25, -0.2) is 0 Å². The van der Waals surface area contributed by atoms with Crippen LogP contribution in [0.3, 0.4) is 0 Å². The van der Waals surface area contributed by atoms with E-state index in [1.165, 1.54) is 10.8 Å². The number of hydrogen-bond acceptors (Lipinski definition) is 1. The molecular weight excluding hydrogens is 170 g/mol. The van der Waals surface area contributed by atoms with Crippen molar-refractivity contribution in [2.24, 2.45) is 5.92 Å². The molecule has 1 rings (SSSR count). The van der Waals surface area contributed by atoms with Crippen LogP contribution in [-0.4, -0.2) is 4.98 Å². The second-order valence-electron chi connectivity index (χ2n) is 3.50. The van der Waals surface area contributed by atoms with Crippen molar-refractivity contribution in [1.29, 1.82) is 0 Å². The van der Waals surface area contributed by atoms with Gasteiger partial charge >= 0.3 is 0 Å². The molecule has 0 aliphatic carbocycles. The van der Waals surface area contributed by atoms with E-state index in [2.05, 4.69) is 32.0 Å². The third-order valence-electron chi connectivity index (χ3n) is 2.58. The Bertz CT molecular complexity index is 417. The number of pyridine rings is 1. The maximum Gasteiger partial charge on any atom is 0.0340 e. The molecule has 0 fully saturated rings. The van der Waals surface area contributed by atoms with Crippen molar-refractivity contribution in [3.63, 3.8) is 0 Å². The predicted molar refractivity (Wildman–Crippen MR) is 62.1 cm³/mol. The number of allylic oxidation sites excluding steroid dienone is 1. The first-order valence-corrected chi connectivity index (χ1v) is 4.96. The molecule has 0 saturated heterocycles. The summed E-state index contributed by atoms with van der Waals surface area (Å²) in [5.41, 5.74) is 1.26. The fourth-order valence-electron chi connectivity index (χ4n) is 1.51. The van der Waals surface area contributed by atoms with Gasteiger partial charge in [0, 0.05) is 12.4 Å². The van der Waals surface area contributed by atoms with E-state index in [0.717, 1.165) is 11.6 Å². The molecule has 0 spiro atoms. The molecule has 1 atom stereocenters. The zero-order valence-corrected chi connectivity index (χ0v) is 8.96. The maximum absolute atomic E-state index is 4.04. The topological polar surface area (TPSA) is 12.9 Å². The summed E-state index contributed by atoms with van der Waals surface area (Å²) in [4.78, 5) is 4.04. The molecule has 0 N–H and O–H groups in total. The van der Waals surface area contributed by atoms with E-state index in [4.69, 9.17) is 0 Å². The predicted octanol–water partition coefficient (Wildman–Crippen LogP) is 1.87. The third-order valence-corrected chi connectivity index (χ3v) is 2.58. The average Bonchev–Trinajstić information content (AvgIpc) is 2.21. The zero-order chi connectivity index (χ0) is 10.6. The normalized spacial score (nSPS) is 14.7. The first-order valence-electron chi connectivity index (χ1n) is 4.96. The van der Waals surface area contributed by atoms with Gasteiger partial charge in [0.15, 0.2) is 0 Å². The van der Waals surface area contributed by atoms with Crippen molar-refractivity contribution in [2.75, 3.05) is 0 Å². The Kier molecular flexibility index (Phi) is 3.63. The standard InChI is InChI=1S/C13H17N/c1-5-10(3)12(6-2)13-7-8-14-9-11(13)4/h6-10H,2,4-5H2,1,3H3/b13-12+. The highest BCUT2D eigenvalue weighted by atomic mass is 14.6. The highest BCUT2D eigenvalue weighted by molar-refractivity contribution is 5.57. The molecule has 1 heterocycles. The summed E-state index contributed by atoms with van der Waals surface area (Å²) in [5, 5.41) is 2.15. The van der Waals surface area contributed by atoms with Gasteiger partial charge in [0.05, 0.1) is 0 Å². The summed E-state index contributed by atoms with van der Waals surface area (Å²) < 4.78 is 0. The molecule has 1 aromatic heterocycles. The zero-order valence-electron chi connectivity index (χ0n) is 8.96. The van der Waals surface area contributed by atoms with Gasteiger partial charge in [0.2, 0.25) is 0 Å². The van der Waals surface area contributed by atoms with Crippen molar-refractivity contribution in [1.82, 2.24) is 4.98 Å². The second kappa shape index (κ2) is 4.75. The largest absolute Gasteiger partial charge is 0.264 e. The van der Waals surface area contributed by atoms with E-state index < -0.39 is 0 Å². The van der Waals surface area contributed by atoms with Gasteiger partial charge in [-0.05, 0) is 34.4 Å². The second-order valence-corrected chi connectivity index (χ2v) is 3.50. The van der Waals surface area contributed by atoms with Crippen LogP contribution in [0.4, 0.5) is 0 Å². The molecule has 1 heteroatoms. The molecule has 1 nitrogen and oxygen atoms in total. The van der Waals surface area contributed by atoms with Crippen molar-refractivity contribution < 1.29 is 0 Å². The molecule has 1 unspecified atom stereocenters. The minimum absolute atomic E-state index is 0.524. The van der Waals surface area contributed by atoms with Gasteiger partial charge in [-0.2, -0.15) is 0 Å². The van der Waals surface area contributed by atoms with Crippen molar-refractivity contribution in [3.05, 3.63) is 41.6 Å². The fraction of sp³-hybridized carbons (Fsp3) is 0.308. The molecule has 0 amide bonds. The van der Waals surface area contributed by atoms with Crippen LogP contribution in [0.1, 0.15) is 20.3 Å². The summed E-state index contributed by atoms with van der Waals surface area (Å²) in [6, 6.07) is 2.01. The quantitative estimate of drug-likeness (QED) is 0.704. The lowest BCUT2D eigenvalue weighted by Gasteiger charge is -2.09. The first kappa shape index (κ1) is 10.7. The molecule has 0 aliphatic rings. The van der Waals surface area contributed by atoms with Crippen molar-refractivity contribution in [2.45, 2.75) is 20.3 Å². The third kappa shape index (κ3) is 2.11. The van der Waals surface area contributed by atoms with Crippen LogP contribution in [0.15, 0.2) is 31.1 Å². The van der Waals surface area contributed by atoms with Crippen LogP contribution < -0.4 is 10.4 Å². The number of rotatable bonds is 3. The molecule has 0 aliphatic heterocycles. The molecule has 0 saturated carbocycles. The molecular formula is C13H17N. The molecule has 74 valence electrons. The van der Waals surface area contributed by atoms with Crippen LogP contribution in [0.2, 0.25) is 0 Å². The lowest BCUT2D eigenvalue weighted by atomic mass is 9.96. The van der Waals surface area contributed by atoms with Gasteiger partial charge in [0.25, 0.3) is 0 Å². The van der Waals surface area contributed by atoms with Gasteiger partial charge < -0.3 is 0 Å².